The van der Waals surface area contributed by atoms with Crippen LogP contribution in [0.2, 0.25) is 0 Å². The zero-order chi connectivity index (χ0) is 11.3. The molecule has 0 aromatic carbocycles. The van der Waals surface area contributed by atoms with Crippen molar-refractivity contribution in [2.75, 3.05) is 18.6 Å². The summed E-state index contributed by atoms with van der Waals surface area (Å²) in [6.07, 6.45) is 3.22. The zero-order valence-corrected chi connectivity index (χ0v) is 9.45. The largest absolute Gasteiger partial charge is 0.476 e. The van der Waals surface area contributed by atoms with Crippen LogP contribution >= 0.6 is 12.6 Å². The number of ether oxygens (including phenoxy) is 1. The van der Waals surface area contributed by atoms with E-state index in [0.717, 1.165) is 0 Å². The first-order valence-electron chi connectivity index (χ1n) is 4.35. The van der Waals surface area contributed by atoms with Gasteiger partial charge in [-0.2, -0.15) is 22.6 Å². The Bertz CT molecular complexity index is 430. The van der Waals surface area contributed by atoms with Crippen LogP contribution in [0.15, 0.2) is 6.33 Å². The maximum Gasteiger partial charge on any atom is 0.245 e. The van der Waals surface area contributed by atoms with E-state index in [2.05, 4.69) is 32.6 Å². The lowest BCUT2D eigenvalue weighted by Crippen LogP contribution is -2.01. The van der Waals surface area contributed by atoms with E-state index in [-0.39, 0.29) is 5.95 Å². The van der Waals surface area contributed by atoms with Gasteiger partial charge in [-0.1, -0.05) is 0 Å². The van der Waals surface area contributed by atoms with Crippen molar-refractivity contribution in [1.82, 2.24) is 19.9 Å². The molecule has 2 rings (SSSR count). The van der Waals surface area contributed by atoms with Crippen molar-refractivity contribution in [2.24, 2.45) is 0 Å². The topological polar surface area (TPSA) is 89.7 Å². The lowest BCUT2D eigenvalue weighted by atomic mass is 10.5. The Labute approximate surface area is 92.7 Å². The number of anilines is 1. The van der Waals surface area contributed by atoms with Crippen LogP contribution in [0.3, 0.4) is 0 Å². The SMILES string of the molecule is CCOc1nc(N)nc2nc[nH]c12.CS. The third-order valence-electron chi connectivity index (χ3n) is 1.55. The highest BCUT2D eigenvalue weighted by Gasteiger charge is 2.08. The molecule has 7 heteroatoms. The fraction of sp³-hybridized carbons (Fsp3) is 0.375. The summed E-state index contributed by atoms with van der Waals surface area (Å²) in [5.74, 6) is 0.616. The average molecular weight is 227 g/mol. The lowest BCUT2D eigenvalue weighted by molar-refractivity contribution is 0.331. The van der Waals surface area contributed by atoms with Gasteiger partial charge in [0.25, 0.3) is 0 Å². The van der Waals surface area contributed by atoms with E-state index >= 15 is 0 Å². The molecule has 0 saturated carbocycles. The first-order valence-corrected chi connectivity index (χ1v) is 5.25. The number of thiol groups is 1. The van der Waals surface area contributed by atoms with Crippen LogP contribution < -0.4 is 10.5 Å². The van der Waals surface area contributed by atoms with E-state index in [4.69, 9.17) is 10.5 Å². The molecule has 0 fully saturated rings. The van der Waals surface area contributed by atoms with Gasteiger partial charge in [-0.05, 0) is 13.2 Å². The van der Waals surface area contributed by atoms with Gasteiger partial charge < -0.3 is 15.5 Å². The fourth-order valence-electron chi connectivity index (χ4n) is 1.06. The Morgan fingerprint density at radius 2 is 2.20 bits per heavy atom. The summed E-state index contributed by atoms with van der Waals surface area (Å²) in [6.45, 7) is 2.41. The van der Waals surface area contributed by atoms with Crippen LogP contribution in [0, 0.1) is 0 Å². The van der Waals surface area contributed by atoms with Gasteiger partial charge >= 0.3 is 0 Å². The summed E-state index contributed by atoms with van der Waals surface area (Å²) >= 11 is 3.53. The van der Waals surface area contributed by atoms with Gasteiger partial charge in [-0.3, -0.25) is 0 Å². The number of nitrogens with two attached hydrogens (primary N) is 1. The van der Waals surface area contributed by atoms with Gasteiger partial charge in [-0.15, -0.1) is 0 Å². The Balaban J connectivity index is 0.000000531. The summed E-state index contributed by atoms with van der Waals surface area (Å²) in [5, 5.41) is 0. The highest BCUT2D eigenvalue weighted by Crippen LogP contribution is 2.19. The lowest BCUT2D eigenvalue weighted by Gasteiger charge is -2.02. The van der Waals surface area contributed by atoms with Crippen LogP contribution in [0.5, 0.6) is 5.88 Å². The molecule has 0 saturated heterocycles. The average Bonchev–Trinajstić information content (AvgIpc) is 2.69. The van der Waals surface area contributed by atoms with Gasteiger partial charge in [0.2, 0.25) is 11.8 Å². The van der Waals surface area contributed by atoms with E-state index in [1.165, 1.54) is 6.33 Å². The summed E-state index contributed by atoms with van der Waals surface area (Å²) in [6, 6.07) is 0. The van der Waals surface area contributed by atoms with Crippen LogP contribution in [0.1, 0.15) is 6.92 Å². The number of rotatable bonds is 2. The number of aromatic nitrogens is 4. The molecule has 2 aromatic rings. The summed E-state index contributed by atoms with van der Waals surface area (Å²) in [5.41, 5.74) is 6.66. The number of nitrogen functional groups attached to an aromatic ring is 1. The second kappa shape index (κ2) is 5.40. The van der Waals surface area contributed by atoms with Gasteiger partial charge in [0, 0.05) is 0 Å². The zero-order valence-electron chi connectivity index (χ0n) is 8.56. The number of fused-ring (bicyclic) bond motifs is 1. The number of nitrogens with one attached hydrogen (secondary N) is 1. The van der Waals surface area contributed by atoms with E-state index in [1.54, 1.807) is 6.26 Å². The van der Waals surface area contributed by atoms with E-state index < -0.39 is 0 Å². The van der Waals surface area contributed by atoms with Crippen molar-refractivity contribution in [3.05, 3.63) is 6.33 Å². The molecule has 0 atom stereocenters. The Kier molecular flexibility index (Phi) is 4.17. The molecule has 3 N–H and O–H groups in total. The van der Waals surface area contributed by atoms with E-state index in [1.807, 2.05) is 6.92 Å². The summed E-state index contributed by atoms with van der Waals surface area (Å²) in [7, 11) is 0. The number of hydrogen-bond donors (Lipinski definition) is 3. The third kappa shape index (κ3) is 2.50. The van der Waals surface area contributed by atoms with Crippen LogP contribution in [-0.2, 0) is 0 Å². The maximum absolute atomic E-state index is 5.46. The minimum atomic E-state index is 0.169. The predicted molar refractivity (Wildman–Crippen MR) is 62.2 cm³/mol. The van der Waals surface area contributed by atoms with Gasteiger partial charge in [0.05, 0.1) is 12.9 Å². The molecule has 0 aliphatic carbocycles. The van der Waals surface area contributed by atoms with Crippen molar-refractivity contribution in [3.8, 4) is 5.88 Å². The van der Waals surface area contributed by atoms with Crippen molar-refractivity contribution in [1.29, 1.82) is 0 Å². The summed E-state index contributed by atoms with van der Waals surface area (Å²) < 4.78 is 5.26. The van der Waals surface area contributed by atoms with Crippen molar-refractivity contribution < 1.29 is 4.74 Å². The fourth-order valence-corrected chi connectivity index (χ4v) is 1.06. The molecule has 82 valence electrons. The molecule has 0 radical (unpaired) electrons. The van der Waals surface area contributed by atoms with Crippen LogP contribution in [-0.4, -0.2) is 32.8 Å². The number of hydrogen-bond acceptors (Lipinski definition) is 6. The molecule has 2 heterocycles. The van der Waals surface area contributed by atoms with Crippen LogP contribution in [0.4, 0.5) is 5.95 Å². The summed E-state index contributed by atoms with van der Waals surface area (Å²) in [4.78, 5) is 14.7. The standard InChI is InChI=1S/C7H9N5O.CH4S/c1-2-13-6-4-5(10-3-9-4)11-7(8)12-6;1-2/h3H,2H2,1H3,(H3,8,9,10,11,12);2H,1H3. The third-order valence-corrected chi connectivity index (χ3v) is 1.55. The highest BCUT2D eigenvalue weighted by atomic mass is 32.1. The number of aromatic amines is 1. The monoisotopic (exact) mass is 227 g/mol. The number of H-pyrrole nitrogens is 1. The minimum absolute atomic E-state index is 0.169. The molecular formula is C8H13N5OS. The molecular weight excluding hydrogens is 214 g/mol. The van der Waals surface area contributed by atoms with Crippen molar-refractivity contribution in [2.45, 2.75) is 6.92 Å². The molecule has 0 amide bonds. The Hall–Kier alpha value is -1.50. The highest BCUT2D eigenvalue weighted by molar-refractivity contribution is 7.79. The maximum atomic E-state index is 5.46. The van der Waals surface area contributed by atoms with E-state index in [9.17, 15) is 0 Å². The van der Waals surface area contributed by atoms with Crippen LogP contribution in [0.25, 0.3) is 11.2 Å². The smallest absolute Gasteiger partial charge is 0.245 e. The second-order valence-electron chi connectivity index (χ2n) is 2.42. The molecule has 0 bridgehead atoms. The van der Waals surface area contributed by atoms with E-state index in [0.29, 0.717) is 23.7 Å². The Morgan fingerprint density at radius 3 is 2.87 bits per heavy atom. The van der Waals surface area contributed by atoms with Crippen molar-refractivity contribution in [3.63, 3.8) is 0 Å². The molecule has 0 aliphatic rings. The molecule has 6 nitrogen and oxygen atoms in total. The molecule has 0 unspecified atom stereocenters. The first-order chi connectivity index (χ1) is 7.31. The van der Waals surface area contributed by atoms with Gasteiger partial charge in [-0.25, -0.2) is 4.98 Å². The molecule has 2 aromatic heterocycles. The normalized spacial score (nSPS) is 9.53. The molecule has 0 spiro atoms. The number of nitrogens with zero attached hydrogens (tertiary/aromatic N) is 3. The van der Waals surface area contributed by atoms with Gasteiger partial charge in [0.1, 0.15) is 5.52 Å². The first kappa shape index (κ1) is 11.6. The molecule has 0 aliphatic heterocycles. The van der Waals surface area contributed by atoms with Gasteiger partial charge in [0.15, 0.2) is 5.65 Å². The Morgan fingerprint density at radius 1 is 1.47 bits per heavy atom. The molecule has 15 heavy (non-hydrogen) atoms. The van der Waals surface area contributed by atoms with Crippen molar-refractivity contribution >= 4 is 29.7 Å². The minimum Gasteiger partial charge on any atom is -0.476 e. The predicted octanol–water partition coefficient (Wildman–Crippen LogP) is 0.880. The quantitative estimate of drug-likeness (QED) is 0.663. The second-order valence-corrected chi connectivity index (χ2v) is 2.42. The number of imidazole rings is 1.